The standard InChI is InChI=1S/C12H17N5O/c1-4-17-11(5-6-14-17)12(18)13-7-10-8-16(3)15-9(10)2/h5-6,8H,4,7H2,1-3H3,(H,13,18). The van der Waals surface area contributed by atoms with E-state index in [1.165, 1.54) is 0 Å². The van der Waals surface area contributed by atoms with Crippen LogP contribution in [0.1, 0.15) is 28.7 Å². The van der Waals surface area contributed by atoms with Crippen LogP contribution in [0.25, 0.3) is 0 Å². The van der Waals surface area contributed by atoms with Gasteiger partial charge in [0.2, 0.25) is 0 Å². The molecule has 0 atom stereocenters. The van der Waals surface area contributed by atoms with Gasteiger partial charge in [-0.05, 0) is 19.9 Å². The zero-order valence-corrected chi connectivity index (χ0v) is 10.8. The SMILES string of the molecule is CCn1nccc1C(=O)NCc1cn(C)nc1C. The van der Waals surface area contributed by atoms with Crippen LogP contribution in [0.2, 0.25) is 0 Å². The Hall–Kier alpha value is -2.11. The fourth-order valence-corrected chi connectivity index (χ4v) is 1.87. The first kappa shape index (κ1) is 12.3. The fraction of sp³-hybridized carbons (Fsp3) is 0.417. The largest absolute Gasteiger partial charge is 0.347 e. The zero-order chi connectivity index (χ0) is 13.1. The van der Waals surface area contributed by atoms with E-state index >= 15 is 0 Å². The Morgan fingerprint density at radius 1 is 1.50 bits per heavy atom. The molecule has 0 aromatic carbocycles. The van der Waals surface area contributed by atoms with Gasteiger partial charge in [0.05, 0.1) is 5.69 Å². The average molecular weight is 247 g/mol. The molecule has 6 nitrogen and oxygen atoms in total. The van der Waals surface area contributed by atoms with Gasteiger partial charge < -0.3 is 5.32 Å². The van der Waals surface area contributed by atoms with Gasteiger partial charge in [-0.1, -0.05) is 0 Å². The summed E-state index contributed by atoms with van der Waals surface area (Å²) < 4.78 is 3.42. The van der Waals surface area contributed by atoms with Crippen molar-refractivity contribution in [2.24, 2.45) is 7.05 Å². The maximum atomic E-state index is 12.0. The van der Waals surface area contributed by atoms with E-state index in [2.05, 4.69) is 15.5 Å². The molecule has 2 rings (SSSR count). The second-order valence-electron chi connectivity index (χ2n) is 4.13. The smallest absolute Gasteiger partial charge is 0.269 e. The summed E-state index contributed by atoms with van der Waals surface area (Å²) in [5.41, 5.74) is 2.54. The topological polar surface area (TPSA) is 64.7 Å². The molecule has 2 heterocycles. The zero-order valence-electron chi connectivity index (χ0n) is 10.8. The lowest BCUT2D eigenvalue weighted by Crippen LogP contribution is -2.25. The number of carbonyl (C=O) groups is 1. The molecule has 0 saturated heterocycles. The molecule has 0 aliphatic heterocycles. The summed E-state index contributed by atoms with van der Waals surface area (Å²) in [6.07, 6.45) is 3.54. The van der Waals surface area contributed by atoms with Gasteiger partial charge in [-0.2, -0.15) is 10.2 Å². The van der Waals surface area contributed by atoms with E-state index in [1.807, 2.05) is 27.1 Å². The van der Waals surface area contributed by atoms with Crippen molar-refractivity contribution in [3.63, 3.8) is 0 Å². The molecule has 1 N–H and O–H groups in total. The van der Waals surface area contributed by atoms with E-state index in [-0.39, 0.29) is 5.91 Å². The molecule has 0 spiro atoms. The van der Waals surface area contributed by atoms with Crippen LogP contribution >= 0.6 is 0 Å². The Morgan fingerprint density at radius 3 is 2.89 bits per heavy atom. The molecule has 0 fully saturated rings. The van der Waals surface area contributed by atoms with Crippen molar-refractivity contribution >= 4 is 5.91 Å². The first-order chi connectivity index (χ1) is 8.61. The third kappa shape index (κ3) is 2.42. The molecule has 0 bridgehead atoms. The molecule has 1 amide bonds. The highest BCUT2D eigenvalue weighted by Crippen LogP contribution is 2.05. The second-order valence-corrected chi connectivity index (χ2v) is 4.13. The van der Waals surface area contributed by atoms with E-state index in [0.29, 0.717) is 18.8 Å². The van der Waals surface area contributed by atoms with Crippen LogP contribution in [0.5, 0.6) is 0 Å². The van der Waals surface area contributed by atoms with Crippen LogP contribution in [0.3, 0.4) is 0 Å². The Morgan fingerprint density at radius 2 is 2.28 bits per heavy atom. The van der Waals surface area contributed by atoms with Gasteiger partial charge >= 0.3 is 0 Å². The Bertz CT molecular complexity index is 555. The van der Waals surface area contributed by atoms with E-state index < -0.39 is 0 Å². The van der Waals surface area contributed by atoms with Gasteiger partial charge in [0, 0.05) is 38.1 Å². The third-order valence-electron chi connectivity index (χ3n) is 2.80. The average Bonchev–Trinajstić information content (AvgIpc) is 2.92. The van der Waals surface area contributed by atoms with Crippen LogP contribution < -0.4 is 5.32 Å². The fourth-order valence-electron chi connectivity index (χ4n) is 1.87. The normalized spacial score (nSPS) is 10.6. The number of amides is 1. The lowest BCUT2D eigenvalue weighted by Gasteiger charge is -2.05. The van der Waals surface area contributed by atoms with E-state index in [4.69, 9.17) is 0 Å². The highest BCUT2D eigenvalue weighted by Gasteiger charge is 2.11. The summed E-state index contributed by atoms with van der Waals surface area (Å²) in [4.78, 5) is 12.0. The summed E-state index contributed by atoms with van der Waals surface area (Å²) in [6.45, 7) is 5.04. The van der Waals surface area contributed by atoms with Crippen LogP contribution in [0, 0.1) is 6.92 Å². The van der Waals surface area contributed by atoms with Gasteiger partial charge in [0.25, 0.3) is 5.91 Å². The predicted molar refractivity (Wildman–Crippen MR) is 67.0 cm³/mol. The second kappa shape index (κ2) is 5.03. The monoisotopic (exact) mass is 247 g/mol. The molecule has 2 aromatic heterocycles. The number of aromatic nitrogens is 4. The molecule has 0 radical (unpaired) electrons. The van der Waals surface area contributed by atoms with Gasteiger partial charge in [-0.25, -0.2) is 0 Å². The Labute approximate surface area is 106 Å². The van der Waals surface area contributed by atoms with Crippen LogP contribution in [0.15, 0.2) is 18.5 Å². The maximum Gasteiger partial charge on any atom is 0.269 e. The van der Waals surface area contributed by atoms with Crippen LogP contribution in [-0.2, 0) is 20.1 Å². The van der Waals surface area contributed by atoms with E-state index in [1.54, 1.807) is 21.6 Å². The molecule has 2 aromatic rings. The third-order valence-corrected chi connectivity index (χ3v) is 2.80. The molecular weight excluding hydrogens is 230 g/mol. The van der Waals surface area contributed by atoms with Crippen LogP contribution in [0.4, 0.5) is 0 Å². The molecule has 0 aliphatic carbocycles. The van der Waals surface area contributed by atoms with Crippen molar-refractivity contribution in [1.82, 2.24) is 24.9 Å². The van der Waals surface area contributed by atoms with Crippen molar-refractivity contribution in [2.45, 2.75) is 26.9 Å². The Balaban J connectivity index is 2.03. The molecule has 0 saturated carbocycles. The van der Waals surface area contributed by atoms with Gasteiger partial charge in [-0.15, -0.1) is 0 Å². The van der Waals surface area contributed by atoms with Crippen molar-refractivity contribution in [2.75, 3.05) is 0 Å². The predicted octanol–water partition coefficient (Wildman–Crippen LogP) is 0.875. The number of hydrogen-bond donors (Lipinski definition) is 1. The lowest BCUT2D eigenvalue weighted by molar-refractivity contribution is 0.0940. The van der Waals surface area contributed by atoms with Crippen molar-refractivity contribution in [3.8, 4) is 0 Å². The number of nitrogens with zero attached hydrogens (tertiary/aromatic N) is 4. The quantitative estimate of drug-likeness (QED) is 0.872. The number of rotatable bonds is 4. The number of aryl methyl sites for hydroxylation is 3. The molecule has 18 heavy (non-hydrogen) atoms. The minimum atomic E-state index is -0.113. The van der Waals surface area contributed by atoms with E-state index in [0.717, 1.165) is 11.3 Å². The van der Waals surface area contributed by atoms with Gasteiger partial charge in [0.15, 0.2) is 0 Å². The molecule has 6 heteroatoms. The van der Waals surface area contributed by atoms with Gasteiger partial charge in [0.1, 0.15) is 5.69 Å². The highest BCUT2D eigenvalue weighted by atomic mass is 16.2. The van der Waals surface area contributed by atoms with E-state index in [9.17, 15) is 4.79 Å². The van der Waals surface area contributed by atoms with Crippen molar-refractivity contribution in [3.05, 3.63) is 35.4 Å². The molecule has 0 unspecified atom stereocenters. The molecule has 0 aliphatic rings. The summed E-state index contributed by atoms with van der Waals surface area (Å²) in [5.74, 6) is -0.113. The maximum absolute atomic E-state index is 12.0. The molecule has 96 valence electrons. The summed E-state index contributed by atoms with van der Waals surface area (Å²) >= 11 is 0. The van der Waals surface area contributed by atoms with Crippen molar-refractivity contribution < 1.29 is 4.79 Å². The number of carbonyl (C=O) groups excluding carboxylic acids is 1. The van der Waals surface area contributed by atoms with Crippen LogP contribution in [-0.4, -0.2) is 25.5 Å². The van der Waals surface area contributed by atoms with Gasteiger partial charge in [-0.3, -0.25) is 14.2 Å². The lowest BCUT2D eigenvalue weighted by atomic mass is 10.2. The number of hydrogen-bond acceptors (Lipinski definition) is 3. The summed E-state index contributed by atoms with van der Waals surface area (Å²) in [5, 5.41) is 11.2. The first-order valence-electron chi connectivity index (χ1n) is 5.91. The summed E-state index contributed by atoms with van der Waals surface area (Å²) in [7, 11) is 1.87. The number of nitrogens with one attached hydrogen (secondary N) is 1. The Kier molecular flexibility index (Phi) is 3.45. The first-order valence-corrected chi connectivity index (χ1v) is 5.91. The minimum Gasteiger partial charge on any atom is -0.347 e. The van der Waals surface area contributed by atoms with Crippen molar-refractivity contribution in [1.29, 1.82) is 0 Å². The highest BCUT2D eigenvalue weighted by molar-refractivity contribution is 5.92. The molecular formula is C12H17N5O. The minimum absolute atomic E-state index is 0.113. The summed E-state index contributed by atoms with van der Waals surface area (Å²) in [6, 6.07) is 1.72.